The van der Waals surface area contributed by atoms with Gasteiger partial charge in [-0.15, -0.1) is 3.89 Å². The van der Waals surface area contributed by atoms with E-state index in [1.165, 1.54) is 0 Å². The maximum absolute atomic E-state index is 11.6. The van der Waals surface area contributed by atoms with Crippen LogP contribution in [-0.4, -0.2) is 6.21 Å². The van der Waals surface area contributed by atoms with Crippen molar-refractivity contribution in [1.82, 2.24) is 4.72 Å². The van der Waals surface area contributed by atoms with Crippen molar-refractivity contribution < 1.29 is 3.89 Å². The zero-order valence-electron chi connectivity index (χ0n) is 5.65. The molecule has 0 bridgehead atoms. The standard InChI is InChI=1S/C6H9FN2S/c1-3-6(9-10-7)5(2)4-8/h3-4,8-9H,2H2,1H3/b6-3-,8-4?. The van der Waals surface area contributed by atoms with E-state index < -0.39 is 0 Å². The van der Waals surface area contributed by atoms with Crippen LogP contribution >= 0.6 is 12.3 Å². The van der Waals surface area contributed by atoms with Crippen LogP contribution in [0, 0.1) is 5.41 Å². The van der Waals surface area contributed by atoms with E-state index in [9.17, 15) is 3.89 Å². The normalized spacial score (nSPS) is 10.8. The van der Waals surface area contributed by atoms with E-state index in [1.54, 1.807) is 13.0 Å². The predicted octanol–water partition coefficient (Wildman–Crippen LogP) is 2.22. The molecule has 0 aliphatic rings. The first kappa shape index (κ1) is 9.23. The van der Waals surface area contributed by atoms with Crippen molar-refractivity contribution in [3.63, 3.8) is 0 Å². The first-order chi connectivity index (χ1) is 4.76. The Labute approximate surface area is 64.1 Å². The fourth-order valence-electron chi connectivity index (χ4n) is 0.429. The van der Waals surface area contributed by atoms with Crippen LogP contribution < -0.4 is 4.72 Å². The van der Waals surface area contributed by atoms with E-state index in [-0.39, 0.29) is 12.3 Å². The Bertz CT molecular complexity index is 165. The van der Waals surface area contributed by atoms with E-state index in [1.807, 2.05) is 0 Å². The molecule has 2 nitrogen and oxygen atoms in total. The number of nitrogens with one attached hydrogen (secondary N) is 2. The Morgan fingerprint density at radius 3 is 2.70 bits per heavy atom. The van der Waals surface area contributed by atoms with E-state index in [0.29, 0.717) is 11.3 Å². The lowest BCUT2D eigenvalue weighted by atomic mass is 10.2. The summed E-state index contributed by atoms with van der Waals surface area (Å²) in [7, 11) is 0. The Morgan fingerprint density at radius 2 is 2.40 bits per heavy atom. The Hall–Kier alpha value is -0.770. The van der Waals surface area contributed by atoms with Crippen LogP contribution in [0.5, 0.6) is 0 Å². The van der Waals surface area contributed by atoms with Crippen molar-refractivity contribution >= 4 is 18.5 Å². The van der Waals surface area contributed by atoms with Gasteiger partial charge in [0.1, 0.15) is 0 Å². The SMILES string of the molecule is C=C(C=N)/C(=C/C)NSF. The molecule has 0 rings (SSSR count). The van der Waals surface area contributed by atoms with Gasteiger partial charge < -0.3 is 10.1 Å². The highest BCUT2D eigenvalue weighted by Crippen LogP contribution is 2.06. The van der Waals surface area contributed by atoms with Crippen molar-refractivity contribution in [2.45, 2.75) is 6.92 Å². The zero-order valence-corrected chi connectivity index (χ0v) is 6.46. The van der Waals surface area contributed by atoms with Gasteiger partial charge >= 0.3 is 0 Å². The number of rotatable bonds is 4. The summed E-state index contributed by atoms with van der Waals surface area (Å²) in [4.78, 5) is 0. The van der Waals surface area contributed by atoms with Gasteiger partial charge in [0.15, 0.2) is 12.3 Å². The lowest BCUT2D eigenvalue weighted by Crippen LogP contribution is -2.03. The molecule has 56 valence electrons. The average Bonchev–Trinajstić information content (AvgIpc) is 1.99. The summed E-state index contributed by atoms with van der Waals surface area (Å²) in [5.41, 5.74) is 0.996. The van der Waals surface area contributed by atoms with Crippen LogP contribution in [-0.2, 0) is 0 Å². The molecule has 0 aromatic heterocycles. The molecule has 0 aliphatic heterocycles. The Kier molecular flexibility index (Phi) is 4.66. The fraction of sp³-hybridized carbons (Fsp3) is 0.167. The molecular weight excluding hydrogens is 151 g/mol. The summed E-state index contributed by atoms with van der Waals surface area (Å²) < 4.78 is 13.9. The minimum atomic E-state index is -0.00444. The summed E-state index contributed by atoms with van der Waals surface area (Å²) in [5.74, 6) is 0. The van der Waals surface area contributed by atoms with Gasteiger partial charge in [0.05, 0.1) is 5.70 Å². The molecule has 2 N–H and O–H groups in total. The monoisotopic (exact) mass is 160 g/mol. The number of hydrogen-bond acceptors (Lipinski definition) is 3. The van der Waals surface area contributed by atoms with Crippen LogP contribution in [0.2, 0.25) is 0 Å². The predicted molar refractivity (Wildman–Crippen MR) is 43.5 cm³/mol. The van der Waals surface area contributed by atoms with Gasteiger partial charge in [-0.2, -0.15) is 0 Å². The molecule has 4 heteroatoms. The molecule has 0 fully saturated rings. The van der Waals surface area contributed by atoms with Crippen molar-refractivity contribution in [1.29, 1.82) is 5.41 Å². The van der Waals surface area contributed by atoms with Crippen molar-refractivity contribution in [3.8, 4) is 0 Å². The number of allylic oxidation sites excluding steroid dienone is 2. The third-order valence-electron chi connectivity index (χ3n) is 0.957. The molecule has 10 heavy (non-hydrogen) atoms. The maximum Gasteiger partial charge on any atom is 0.162 e. The van der Waals surface area contributed by atoms with Crippen molar-refractivity contribution in [2.75, 3.05) is 0 Å². The van der Waals surface area contributed by atoms with Crippen LogP contribution in [0.4, 0.5) is 3.89 Å². The van der Waals surface area contributed by atoms with Gasteiger partial charge in [-0.3, -0.25) is 0 Å². The van der Waals surface area contributed by atoms with Crippen molar-refractivity contribution in [2.24, 2.45) is 0 Å². The van der Waals surface area contributed by atoms with Gasteiger partial charge in [-0.05, 0) is 6.92 Å². The van der Waals surface area contributed by atoms with Crippen LogP contribution in [0.3, 0.4) is 0 Å². The number of hydrogen-bond donors (Lipinski definition) is 2. The van der Waals surface area contributed by atoms with Gasteiger partial charge in [0, 0.05) is 11.8 Å². The molecule has 0 saturated carbocycles. The molecule has 0 unspecified atom stereocenters. The molecule has 0 saturated heterocycles. The summed E-state index contributed by atoms with van der Waals surface area (Å²) in [5, 5.41) is 6.78. The number of halogens is 1. The summed E-state index contributed by atoms with van der Waals surface area (Å²) >= 11 is -0.00444. The zero-order chi connectivity index (χ0) is 7.98. The maximum atomic E-state index is 11.6. The lowest BCUT2D eigenvalue weighted by Gasteiger charge is -2.02. The Balaban J connectivity index is 4.08. The van der Waals surface area contributed by atoms with Gasteiger partial charge in [0.25, 0.3) is 0 Å². The highest BCUT2D eigenvalue weighted by atomic mass is 32.2. The van der Waals surface area contributed by atoms with Crippen LogP contribution in [0.25, 0.3) is 0 Å². The Morgan fingerprint density at radius 1 is 1.80 bits per heavy atom. The van der Waals surface area contributed by atoms with Crippen LogP contribution in [0.1, 0.15) is 6.92 Å². The molecule has 0 aliphatic carbocycles. The second kappa shape index (κ2) is 5.05. The second-order valence-electron chi connectivity index (χ2n) is 1.55. The minimum absolute atomic E-state index is 0.00444. The lowest BCUT2D eigenvalue weighted by molar-refractivity contribution is 0.919. The van der Waals surface area contributed by atoms with E-state index in [0.717, 1.165) is 6.21 Å². The summed E-state index contributed by atoms with van der Waals surface area (Å²) in [6, 6.07) is 0. The minimum Gasteiger partial charge on any atom is -0.308 e. The summed E-state index contributed by atoms with van der Waals surface area (Å²) in [6.45, 7) is 5.25. The van der Waals surface area contributed by atoms with E-state index in [4.69, 9.17) is 5.41 Å². The molecule has 0 radical (unpaired) electrons. The molecule has 0 aromatic rings. The quantitative estimate of drug-likeness (QED) is 0.376. The smallest absolute Gasteiger partial charge is 0.162 e. The second-order valence-corrected chi connectivity index (χ2v) is 1.91. The molecule has 0 amide bonds. The topological polar surface area (TPSA) is 35.9 Å². The van der Waals surface area contributed by atoms with Gasteiger partial charge in [0.2, 0.25) is 0 Å². The fourth-order valence-corrected chi connectivity index (χ4v) is 0.761. The van der Waals surface area contributed by atoms with Crippen molar-refractivity contribution in [3.05, 3.63) is 23.9 Å². The van der Waals surface area contributed by atoms with Gasteiger partial charge in [-0.25, -0.2) is 0 Å². The molecule has 0 heterocycles. The van der Waals surface area contributed by atoms with E-state index in [2.05, 4.69) is 11.3 Å². The third-order valence-corrected chi connectivity index (χ3v) is 1.25. The third kappa shape index (κ3) is 2.68. The largest absolute Gasteiger partial charge is 0.308 e. The summed E-state index contributed by atoms with van der Waals surface area (Å²) in [6.07, 6.45) is 2.72. The first-order valence-corrected chi connectivity index (χ1v) is 3.37. The van der Waals surface area contributed by atoms with Gasteiger partial charge in [-0.1, -0.05) is 12.7 Å². The first-order valence-electron chi connectivity index (χ1n) is 2.66. The highest BCUT2D eigenvalue weighted by molar-refractivity contribution is 7.92. The average molecular weight is 160 g/mol. The molecular formula is C6H9FN2S. The molecule has 0 atom stereocenters. The van der Waals surface area contributed by atoms with Crippen LogP contribution in [0.15, 0.2) is 23.9 Å². The molecule has 0 aromatic carbocycles. The van der Waals surface area contributed by atoms with E-state index >= 15 is 0 Å². The highest BCUT2D eigenvalue weighted by Gasteiger charge is 1.96. The molecule has 0 spiro atoms.